The summed E-state index contributed by atoms with van der Waals surface area (Å²) in [4.78, 5) is 0. The molecule has 0 spiro atoms. The van der Waals surface area contributed by atoms with Crippen LogP contribution in [0.2, 0.25) is 0 Å². The van der Waals surface area contributed by atoms with Crippen LogP contribution in [0.25, 0.3) is 0 Å². The topological polar surface area (TPSA) is 9.23 Å². The van der Waals surface area contributed by atoms with Crippen molar-refractivity contribution in [1.82, 2.24) is 0 Å². The highest BCUT2D eigenvalue weighted by molar-refractivity contribution is 5.11. The van der Waals surface area contributed by atoms with Crippen molar-refractivity contribution in [3.63, 3.8) is 0 Å². The Hall–Kier alpha value is -0.460. The average molecular weight is 194 g/mol. The van der Waals surface area contributed by atoms with Gasteiger partial charge in [-0.05, 0) is 45.6 Å². The Morgan fingerprint density at radius 2 is 2.00 bits per heavy atom. The molecule has 1 unspecified atom stereocenters. The number of rotatable bonds is 0. The third-order valence-corrected chi connectivity index (χ3v) is 4.26. The molecule has 1 heteroatoms. The lowest BCUT2D eigenvalue weighted by molar-refractivity contribution is -0.118. The highest BCUT2D eigenvalue weighted by atomic mass is 16.5. The summed E-state index contributed by atoms with van der Waals surface area (Å²) in [7, 11) is 0. The lowest BCUT2D eigenvalue weighted by Gasteiger charge is -2.50. The molecule has 1 nitrogen and oxygen atoms in total. The molecule has 1 heterocycles. The first-order valence-corrected chi connectivity index (χ1v) is 5.81. The zero-order valence-corrected chi connectivity index (χ0v) is 9.89. The van der Waals surface area contributed by atoms with Crippen LogP contribution in [-0.4, -0.2) is 5.60 Å². The van der Waals surface area contributed by atoms with Gasteiger partial charge in [-0.15, -0.1) is 0 Å². The molecule has 0 saturated carbocycles. The first-order valence-electron chi connectivity index (χ1n) is 5.81. The van der Waals surface area contributed by atoms with Crippen LogP contribution in [0.5, 0.6) is 0 Å². The second-order valence-corrected chi connectivity index (χ2v) is 5.93. The molecule has 14 heavy (non-hydrogen) atoms. The van der Waals surface area contributed by atoms with Crippen LogP contribution in [0.4, 0.5) is 0 Å². The number of allylic oxidation sites excluding steroid dienone is 2. The molecule has 1 aliphatic carbocycles. The number of hydrogen-bond acceptors (Lipinski definition) is 1. The van der Waals surface area contributed by atoms with Gasteiger partial charge >= 0.3 is 0 Å². The minimum absolute atomic E-state index is 0.00727. The Morgan fingerprint density at radius 1 is 1.29 bits per heavy atom. The second kappa shape index (κ2) is 3.01. The van der Waals surface area contributed by atoms with E-state index in [4.69, 9.17) is 4.74 Å². The summed E-state index contributed by atoms with van der Waals surface area (Å²) < 4.78 is 6.15. The zero-order chi connectivity index (χ0) is 10.4. The molecule has 0 aromatic rings. The lowest BCUT2D eigenvalue weighted by atomic mass is 9.67. The van der Waals surface area contributed by atoms with Crippen molar-refractivity contribution < 1.29 is 4.74 Å². The van der Waals surface area contributed by atoms with Crippen molar-refractivity contribution in [2.75, 3.05) is 0 Å². The van der Waals surface area contributed by atoms with Crippen LogP contribution in [0.1, 0.15) is 53.4 Å². The van der Waals surface area contributed by atoms with E-state index in [1.54, 1.807) is 0 Å². The van der Waals surface area contributed by atoms with Crippen LogP contribution in [-0.2, 0) is 4.74 Å². The minimum Gasteiger partial charge on any atom is -0.492 e. The van der Waals surface area contributed by atoms with E-state index in [9.17, 15) is 0 Å². The molecule has 2 rings (SSSR count). The molecule has 80 valence electrons. The predicted molar refractivity (Wildman–Crippen MR) is 59.0 cm³/mol. The van der Waals surface area contributed by atoms with Crippen molar-refractivity contribution in [3.8, 4) is 0 Å². The third kappa shape index (κ3) is 1.47. The van der Waals surface area contributed by atoms with Gasteiger partial charge < -0.3 is 4.74 Å². The van der Waals surface area contributed by atoms with Gasteiger partial charge in [-0.3, -0.25) is 0 Å². The number of hydrogen-bond donors (Lipinski definition) is 0. The number of fused-ring (bicyclic) bond motifs is 1. The molecule has 0 amide bonds. The smallest absolute Gasteiger partial charge is 0.108 e. The largest absolute Gasteiger partial charge is 0.492 e. The standard InChI is InChI=1S/C13H22O/c1-12(2)9-10-7-5-6-8-11(10)14-13(12,3)4/h8,10H,5-7,9H2,1-4H3. The summed E-state index contributed by atoms with van der Waals surface area (Å²) in [5, 5.41) is 0. The van der Waals surface area contributed by atoms with Gasteiger partial charge in [0.2, 0.25) is 0 Å². The first-order chi connectivity index (χ1) is 6.42. The maximum absolute atomic E-state index is 6.15. The average Bonchev–Trinajstić information content (AvgIpc) is 2.05. The van der Waals surface area contributed by atoms with Gasteiger partial charge in [0.1, 0.15) is 5.60 Å². The van der Waals surface area contributed by atoms with Gasteiger partial charge in [0.25, 0.3) is 0 Å². The van der Waals surface area contributed by atoms with Crippen molar-refractivity contribution >= 4 is 0 Å². The quantitative estimate of drug-likeness (QED) is 0.568. The van der Waals surface area contributed by atoms with Crippen LogP contribution in [0.15, 0.2) is 11.8 Å². The molecular formula is C13H22O. The second-order valence-electron chi connectivity index (χ2n) is 5.93. The van der Waals surface area contributed by atoms with E-state index in [1.807, 2.05) is 0 Å². The molecule has 1 saturated heterocycles. The van der Waals surface area contributed by atoms with E-state index >= 15 is 0 Å². The molecule has 0 bridgehead atoms. The summed E-state index contributed by atoms with van der Waals surface area (Å²) in [5.41, 5.74) is 0.291. The van der Waals surface area contributed by atoms with E-state index < -0.39 is 0 Å². The lowest BCUT2D eigenvalue weighted by Crippen LogP contribution is -2.47. The molecule has 0 aromatic carbocycles. The Balaban J connectivity index is 2.25. The molecule has 2 aliphatic rings. The Morgan fingerprint density at radius 3 is 2.71 bits per heavy atom. The van der Waals surface area contributed by atoms with Gasteiger partial charge in [-0.25, -0.2) is 0 Å². The minimum atomic E-state index is -0.00727. The fraction of sp³-hybridized carbons (Fsp3) is 0.846. The summed E-state index contributed by atoms with van der Waals surface area (Å²) in [6.45, 7) is 9.11. The number of ether oxygens (including phenoxy) is 1. The summed E-state index contributed by atoms with van der Waals surface area (Å²) in [5.74, 6) is 1.98. The van der Waals surface area contributed by atoms with Crippen molar-refractivity contribution in [3.05, 3.63) is 11.8 Å². The van der Waals surface area contributed by atoms with Crippen LogP contribution >= 0.6 is 0 Å². The van der Waals surface area contributed by atoms with Crippen molar-refractivity contribution in [2.45, 2.75) is 59.0 Å². The normalized spacial score (nSPS) is 34.0. The molecular weight excluding hydrogens is 172 g/mol. The van der Waals surface area contributed by atoms with Crippen LogP contribution < -0.4 is 0 Å². The summed E-state index contributed by atoms with van der Waals surface area (Å²) in [6, 6.07) is 0. The molecule has 1 aliphatic heterocycles. The van der Waals surface area contributed by atoms with Gasteiger partial charge in [0.15, 0.2) is 0 Å². The van der Waals surface area contributed by atoms with Crippen LogP contribution in [0.3, 0.4) is 0 Å². The van der Waals surface area contributed by atoms with E-state index in [0.29, 0.717) is 11.3 Å². The van der Waals surface area contributed by atoms with Crippen LogP contribution in [0, 0.1) is 11.3 Å². The maximum atomic E-state index is 6.15. The SMILES string of the molecule is CC1(C)CC2CCCC=C2OC1(C)C. The van der Waals surface area contributed by atoms with Crippen molar-refractivity contribution in [1.29, 1.82) is 0 Å². The molecule has 0 aromatic heterocycles. The summed E-state index contributed by atoms with van der Waals surface area (Å²) >= 11 is 0. The Bertz CT molecular complexity index is 260. The van der Waals surface area contributed by atoms with E-state index in [-0.39, 0.29) is 5.60 Å². The maximum Gasteiger partial charge on any atom is 0.108 e. The van der Waals surface area contributed by atoms with E-state index in [0.717, 1.165) is 0 Å². The molecule has 1 fully saturated rings. The molecule has 0 radical (unpaired) electrons. The third-order valence-electron chi connectivity index (χ3n) is 4.26. The molecule has 1 atom stereocenters. The Kier molecular flexibility index (Phi) is 2.17. The highest BCUT2D eigenvalue weighted by Crippen LogP contribution is 2.50. The van der Waals surface area contributed by atoms with Gasteiger partial charge in [-0.1, -0.05) is 13.8 Å². The van der Waals surface area contributed by atoms with Gasteiger partial charge in [-0.2, -0.15) is 0 Å². The Labute approximate surface area is 87.5 Å². The van der Waals surface area contributed by atoms with Gasteiger partial charge in [0.05, 0.1) is 5.76 Å². The fourth-order valence-electron chi connectivity index (χ4n) is 2.54. The predicted octanol–water partition coefficient (Wildman–Crippen LogP) is 3.90. The first kappa shape index (κ1) is 10.1. The molecule has 0 N–H and O–H groups in total. The monoisotopic (exact) mass is 194 g/mol. The summed E-state index contributed by atoms with van der Waals surface area (Å²) in [6.07, 6.45) is 7.47. The fourth-order valence-corrected chi connectivity index (χ4v) is 2.54. The highest BCUT2D eigenvalue weighted by Gasteiger charge is 2.46. The zero-order valence-electron chi connectivity index (χ0n) is 9.89. The van der Waals surface area contributed by atoms with Crippen molar-refractivity contribution in [2.24, 2.45) is 11.3 Å². The van der Waals surface area contributed by atoms with Gasteiger partial charge in [0, 0.05) is 11.3 Å². The van der Waals surface area contributed by atoms with E-state index in [1.165, 1.54) is 31.4 Å². The van der Waals surface area contributed by atoms with E-state index in [2.05, 4.69) is 33.8 Å².